The zero-order valence-electron chi connectivity index (χ0n) is 21.6. The Morgan fingerprint density at radius 3 is 2.55 bits per heavy atom. The highest BCUT2D eigenvalue weighted by molar-refractivity contribution is 6.15. The van der Waals surface area contributed by atoms with Crippen molar-refractivity contribution >= 4 is 29.2 Å². The molecule has 2 fully saturated rings. The van der Waals surface area contributed by atoms with Crippen LogP contribution in [0.4, 0.5) is 10.1 Å². The minimum Gasteiger partial charge on any atom is -0.494 e. The summed E-state index contributed by atoms with van der Waals surface area (Å²) in [6, 6.07) is 9.12. The predicted octanol–water partition coefficient (Wildman–Crippen LogP) is 2.76. The summed E-state index contributed by atoms with van der Waals surface area (Å²) in [6.45, 7) is 3.17. The van der Waals surface area contributed by atoms with Gasteiger partial charge in [0.15, 0.2) is 5.78 Å². The molecule has 1 heterocycles. The van der Waals surface area contributed by atoms with Gasteiger partial charge in [-0.05, 0) is 49.4 Å². The van der Waals surface area contributed by atoms with E-state index < -0.39 is 17.3 Å². The predicted molar refractivity (Wildman–Crippen MR) is 134 cm³/mol. The quantitative estimate of drug-likeness (QED) is 0.534. The number of nitrogens with one attached hydrogen (secondary N) is 1. The fourth-order valence-electron chi connectivity index (χ4n) is 5.45. The number of anilines is 1. The van der Waals surface area contributed by atoms with E-state index in [1.54, 1.807) is 29.2 Å². The van der Waals surface area contributed by atoms with Crippen molar-refractivity contribution < 1.29 is 33.0 Å². The number of carbonyl (C=O) groups excluding carboxylic acids is 4. The van der Waals surface area contributed by atoms with Crippen molar-refractivity contribution in [2.45, 2.75) is 51.3 Å². The first-order valence-electron chi connectivity index (χ1n) is 12.6. The largest absolute Gasteiger partial charge is 0.494 e. The van der Waals surface area contributed by atoms with Crippen molar-refractivity contribution in [2.75, 3.05) is 25.7 Å². The van der Waals surface area contributed by atoms with Crippen LogP contribution in [0.5, 0.6) is 5.75 Å². The van der Waals surface area contributed by atoms with Gasteiger partial charge >= 0.3 is 0 Å². The van der Waals surface area contributed by atoms with Gasteiger partial charge in [-0.3, -0.25) is 19.2 Å². The fraction of sp³-hybridized carbons (Fsp3) is 0.429. The molecular weight excluding hydrogens is 493 g/mol. The summed E-state index contributed by atoms with van der Waals surface area (Å²) in [5.41, 5.74) is 0.177. The molecule has 1 saturated carbocycles. The molecule has 1 aliphatic heterocycles. The molecule has 2 atom stereocenters. The van der Waals surface area contributed by atoms with E-state index in [1.165, 1.54) is 31.1 Å². The summed E-state index contributed by atoms with van der Waals surface area (Å²) in [6.07, 6.45) is 1.95. The minimum atomic E-state index is -1.85. The lowest BCUT2D eigenvalue weighted by Gasteiger charge is -2.31. The van der Waals surface area contributed by atoms with Crippen molar-refractivity contribution in [3.63, 3.8) is 0 Å². The van der Waals surface area contributed by atoms with Crippen molar-refractivity contribution in [3.8, 4) is 5.75 Å². The van der Waals surface area contributed by atoms with Crippen LogP contribution < -0.4 is 10.1 Å². The number of amides is 3. The molecule has 2 aromatic carbocycles. The van der Waals surface area contributed by atoms with E-state index in [2.05, 4.69) is 5.32 Å². The van der Waals surface area contributed by atoms with E-state index in [1.807, 2.05) is 6.92 Å². The van der Waals surface area contributed by atoms with Crippen LogP contribution in [0, 0.1) is 11.7 Å². The number of benzene rings is 2. The molecule has 1 spiro atoms. The summed E-state index contributed by atoms with van der Waals surface area (Å²) in [5.74, 6) is -1.28. The van der Waals surface area contributed by atoms with Crippen LogP contribution in [0.2, 0.25) is 0 Å². The Bertz CT molecular complexity index is 1310. The third-order valence-corrected chi connectivity index (χ3v) is 7.62. The van der Waals surface area contributed by atoms with Crippen molar-refractivity contribution in [3.05, 3.63) is 58.9 Å². The topological polar surface area (TPSA) is 105 Å². The molecule has 2 aromatic rings. The Hall–Kier alpha value is -3.79. The molecule has 0 aromatic heterocycles. The van der Waals surface area contributed by atoms with Crippen LogP contribution in [-0.2, 0) is 42.5 Å². The molecule has 1 unspecified atom stereocenters. The molecule has 10 heteroatoms. The maximum Gasteiger partial charge on any atom is 0.269 e. The number of ketones is 1. The smallest absolute Gasteiger partial charge is 0.269 e. The first kappa shape index (κ1) is 25.8. The second-order valence-electron chi connectivity index (χ2n) is 10.1. The molecule has 1 saturated heterocycles. The van der Waals surface area contributed by atoms with E-state index in [0.29, 0.717) is 28.5 Å². The van der Waals surface area contributed by atoms with Gasteiger partial charge in [0.25, 0.3) is 5.91 Å². The third-order valence-electron chi connectivity index (χ3n) is 7.62. The molecule has 3 aliphatic rings. The number of methoxy groups -OCH3 is 1. The Kier molecular flexibility index (Phi) is 6.68. The maximum absolute atomic E-state index is 13.7. The van der Waals surface area contributed by atoms with Gasteiger partial charge in [0.05, 0.1) is 12.8 Å². The summed E-state index contributed by atoms with van der Waals surface area (Å²) in [4.78, 5) is 55.1. The van der Waals surface area contributed by atoms with E-state index in [4.69, 9.17) is 9.47 Å². The highest BCUT2D eigenvalue weighted by Crippen LogP contribution is 2.47. The number of fused-ring (bicyclic) bond motifs is 2. The van der Waals surface area contributed by atoms with Gasteiger partial charge in [-0.15, -0.1) is 0 Å². The Balaban J connectivity index is 1.38. The molecule has 9 nitrogen and oxygen atoms in total. The van der Waals surface area contributed by atoms with Crippen LogP contribution in [-0.4, -0.2) is 59.7 Å². The fourth-order valence-corrected chi connectivity index (χ4v) is 5.45. The zero-order valence-corrected chi connectivity index (χ0v) is 21.6. The zero-order chi connectivity index (χ0) is 27.2. The van der Waals surface area contributed by atoms with E-state index in [9.17, 15) is 23.6 Å². The van der Waals surface area contributed by atoms with Crippen LogP contribution >= 0.6 is 0 Å². The van der Waals surface area contributed by atoms with E-state index in [0.717, 1.165) is 18.4 Å². The summed E-state index contributed by atoms with van der Waals surface area (Å²) < 4.78 is 24.8. The molecule has 200 valence electrons. The number of nitrogens with zero attached hydrogens (tertiary/aromatic N) is 2. The normalized spacial score (nSPS) is 21.0. The number of hydrogen-bond acceptors (Lipinski definition) is 6. The Morgan fingerprint density at radius 2 is 1.92 bits per heavy atom. The van der Waals surface area contributed by atoms with Crippen molar-refractivity contribution in [2.24, 2.45) is 5.92 Å². The standard InChI is InChI=1S/C28H30FN3O6/c1-16(19-6-7-19)32(13-18-4-8-20(29)9-5-18)25(35)14-31-15-38-28(27(31)36)22-10-11-23(30-17(2)33)26(37-3)21(22)12-24(28)34/h4-5,8-11,16,19H,6-7,12-15H2,1-3H3,(H,30,33)/t16-,28?/m0/s1. The summed E-state index contributed by atoms with van der Waals surface area (Å²) >= 11 is 0. The number of rotatable bonds is 8. The van der Waals surface area contributed by atoms with Gasteiger partial charge in [0.2, 0.25) is 17.4 Å². The van der Waals surface area contributed by atoms with Gasteiger partial charge in [-0.1, -0.05) is 18.2 Å². The van der Waals surface area contributed by atoms with Crippen LogP contribution in [0.1, 0.15) is 43.4 Å². The molecular formula is C28H30FN3O6. The number of carbonyl (C=O) groups is 4. The Morgan fingerprint density at radius 1 is 1.21 bits per heavy atom. The molecule has 0 bridgehead atoms. The number of ether oxygens (including phenoxy) is 2. The molecule has 38 heavy (non-hydrogen) atoms. The third kappa shape index (κ3) is 4.42. The number of Topliss-reactive ketones (excluding diaryl/α,β-unsaturated/α-hetero) is 1. The molecule has 5 rings (SSSR count). The number of hydrogen-bond donors (Lipinski definition) is 1. The lowest BCUT2D eigenvalue weighted by atomic mass is 9.93. The van der Waals surface area contributed by atoms with Gasteiger partial charge in [0, 0.05) is 37.1 Å². The lowest BCUT2D eigenvalue weighted by Crippen LogP contribution is -2.48. The number of halogens is 1. The minimum absolute atomic E-state index is 0.0505. The van der Waals surface area contributed by atoms with E-state index in [-0.39, 0.29) is 49.9 Å². The average Bonchev–Trinajstić information content (AvgIpc) is 3.63. The van der Waals surface area contributed by atoms with Gasteiger partial charge < -0.3 is 24.6 Å². The monoisotopic (exact) mass is 523 g/mol. The molecule has 2 aliphatic carbocycles. The molecule has 0 radical (unpaired) electrons. The van der Waals surface area contributed by atoms with Crippen LogP contribution in [0.3, 0.4) is 0 Å². The maximum atomic E-state index is 13.7. The first-order chi connectivity index (χ1) is 18.1. The Labute approximate surface area is 219 Å². The van der Waals surface area contributed by atoms with Gasteiger partial charge in [-0.25, -0.2) is 4.39 Å². The highest BCUT2D eigenvalue weighted by Gasteiger charge is 2.60. The first-order valence-corrected chi connectivity index (χ1v) is 12.6. The van der Waals surface area contributed by atoms with Crippen LogP contribution in [0.25, 0.3) is 0 Å². The average molecular weight is 524 g/mol. The molecule has 3 amide bonds. The van der Waals surface area contributed by atoms with Crippen molar-refractivity contribution in [1.82, 2.24) is 9.80 Å². The van der Waals surface area contributed by atoms with E-state index >= 15 is 0 Å². The summed E-state index contributed by atoms with van der Waals surface area (Å²) in [5, 5.41) is 2.67. The SMILES string of the molecule is COc1c(NC(C)=O)ccc2c1CC(=O)C21OCN(CC(=O)N(Cc2ccc(F)cc2)[C@@H](C)C2CC2)C1=O. The van der Waals surface area contributed by atoms with Crippen molar-refractivity contribution in [1.29, 1.82) is 0 Å². The summed E-state index contributed by atoms with van der Waals surface area (Å²) in [7, 11) is 1.43. The van der Waals surface area contributed by atoms with Gasteiger partial charge in [0.1, 0.15) is 24.8 Å². The molecule has 1 N–H and O–H groups in total. The van der Waals surface area contributed by atoms with Gasteiger partial charge in [-0.2, -0.15) is 0 Å². The second kappa shape index (κ2) is 9.83. The second-order valence-corrected chi connectivity index (χ2v) is 10.1. The lowest BCUT2D eigenvalue weighted by molar-refractivity contribution is -0.149. The van der Waals surface area contributed by atoms with Crippen LogP contribution in [0.15, 0.2) is 36.4 Å². The highest BCUT2D eigenvalue weighted by atomic mass is 19.1.